The highest BCUT2D eigenvalue weighted by atomic mass is 35.5. The van der Waals surface area contributed by atoms with Crippen LogP contribution >= 0.6 is 12.4 Å². The molecule has 1 rings (SSSR count). The Balaban J connectivity index is 0.00000289. The van der Waals surface area contributed by atoms with Crippen molar-refractivity contribution in [2.24, 2.45) is 5.73 Å². The number of carboxylic acids is 1. The third kappa shape index (κ3) is 3.57. The molecular formula is C10H13ClN2O5. The van der Waals surface area contributed by atoms with Crippen LogP contribution in [0.1, 0.15) is 12.5 Å². The quantitative estimate of drug-likeness (QED) is 0.557. The van der Waals surface area contributed by atoms with Gasteiger partial charge >= 0.3 is 11.7 Å². The summed E-state index contributed by atoms with van der Waals surface area (Å²) in [6.07, 6.45) is -0.0338. The second-order valence-electron chi connectivity index (χ2n) is 3.98. The predicted octanol–water partition coefficient (Wildman–Crippen LogP) is 1.07. The molecular weight excluding hydrogens is 264 g/mol. The van der Waals surface area contributed by atoms with E-state index in [2.05, 4.69) is 0 Å². The Morgan fingerprint density at radius 3 is 2.50 bits per heavy atom. The molecule has 0 bridgehead atoms. The topological polar surface area (TPSA) is 127 Å². The van der Waals surface area contributed by atoms with Gasteiger partial charge in [0, 0.05) is 12.5 Å². The Bertz CT molecular complexity index is 475. The lowest BCUT2D eigenvalue weighted by Gasteiger charge is -2.18. The first-order chi connectivity index (χ1) is 7.74. The van der Waals surface area contributed by atoms with Crippen LogP contribution in [-0.2, 0) is 11.2 Å². The Hall–Kier alpha value is -1.86. The molecule has 1 atom stereocenters. The fraction of sp³-hybridized carbons (Fsp3) is 0.300. The standard InChI is InChI=1S/C10H12N2O5.ClH/c1-10(11,9(14)15)5-6-2-3-7(12(16)17)8(13)4-6;/h2-4,13H,5,11H2,1H3,(H,14,15);1H/t10-;/m1./s1. The molecule has 1 aromatic carbocycles. The minimum atomic E-state index is -1.48. The smallest absolute Gasteiger partial charge is 0.323 e. The maximum atomic E-state index is 10.8. The van der Waals surface area contributed by atoms with E-state index in [1.165, 1.54) is 13.0 Å². The number of nitro benzene ring substituents is 1. The van der Waals surface area contributed by atoms with E-state index in [0.717, 1.165) is 12.1 Å². The molecule has 0 aliphatic carbocycles. The van der Waals surface area contributed by atoms with E-state index >= 15 is 0 Å². The molecule has 0 saturated heterocycles. The summed E-state index contributed by atoms with van der Waals surface area (Å²) in [7, 11) is 0. The number of carboxylic acid groups (broad SMARTS) is 1. The number of benzene rings is 1. The molecule has 1 aromatic rings. The first-order valence-corrected chi connectivity index (χ1v) is 4.72. The van der Waals surface area contributed by atoms with E-state index in [0.29, 0.717) is 5.56 Å². The van der Waals surface area contributed by atoms with Crippen molar-refractivity contribution in [3.05, 3.63) is 33.9 Å². The maximum Gasteiger partial charge on any atom is 0.323 e. The summed E-state index contributed by atoms with van der Waals surface area (Å²) < 4.78 is 0. The molecule has 100 valence electrons. The average molecular weight is 277 g/mol. The summed E-state index contributed by atoms with van der Waals surface area (Å²) in [5.41, 5.74) is 4.03. The van der Waals surface area contributed by atoms with Crippen LogP contribution in [0, 0.1) is 10.1 Å². The van der Waals surface area contributed by atoms with Gasteiger partial charge in [0.1, 0.15) is 5.54 Å². The monoisotopic (exact) mass is 276 g/mol. The molecule has 0 radical (unpaired) electrons. The zero-order valence-electron chi connectivity index (χ0n) is 9.49. The van der Waals surface area contributed by atoms with Crippen LogP contribution in [0.15, 0.2) is 18.2 Å². The van der Waals surface area contributed by atoms with Gasteiger partial charge in [-0.05, 0) is 18.6 Å². The highest BCUT2D eigenvalue weighted by Crippen LogP contribution is 2.27. The molecule has 0 aliphatic heterocycles. The van der Waals surface area contributed by atoms with Gasteiger partial charge < -0.3 is 15.9 Å². The van der Waals surface area contributed by atoms with Crippen LogP contribution in [0.4, 0.5) is 5.69 Å². The lowest BCUT2D eigenvalue weighted by Crippen LogP contribution is -2.46. The number of hydrogen-bond acceptors (Lipinski definition) is 5. The first-order valence-electron chi connectivity index (χ1n) is 4.72. The number of rotatable bonds is 4. The number of nitro groups is 1. The minimum absolute atomic E-state index is 0. The lowest BCUT2D eigenvalue weighted by atomic mass is 9.94. The van der Waals surface area contributed by atoms with E-state index in [-0.39, 0.29) is 18.8 Å². The fourth-order valence-electron chi connectivity index (χ4n) is 1.33. The Morgan fingerprint density at radius 2 is 2.11 bits per heavy atom. The van der Waals surface area contributed by atoms with E-state index in [1.807, 2.05) is 0 Å². The van der Waals surface area contributed by atoms with Crippen molar-refractivity contribution in [1.29, 1.82) is 0 Å². The number of aromatic hydroxyl groups is 1. The highest BCUT2D eigenvalue weighted by molar-refractivity contribution is 5.85. The molecule has 4 N–H and O–H groups in total. The van der Waals surface area contributed by atoms with Gasteiger partial charge in [0.25, 0.3) is 0 Å². The van der Waals surface area contributed by atoms with Gasteiger partial charge in [0.05, 0.1) is 4.92 Å². The number of hydrogen-bond donors (Lipinski definition) is 3. The number of nitrogens with zero attached hydrogens (tertiary/aromatic N) is 1. The van der Waals surface area contributed by atoms with Gasteiger partial charge in [-0.15, -0.1) is 12.4 Å². The second-order valence-corrected chi connectivity index (χ2v) is 3.98. The van der Waals surface area contributed by atoms with Crippen molar-refractivity contribution in [2.45, 2.75) is 18.9 Å². The highest BCUT2D eigenvalue weighted by Gasteiger charge is 2.28. The van der Waals surface area contributed by atoms with Gasteiger partial charge in [-0.2, -0.15) is 0 Å². The molecule has 0 saturated carbocycles. The number of nitrogens with two attached hydrogens (primary N) is 1. The summed E-state index contributed by atoms with van der Waals surface area (Å²) in [6, 6.07) is 3.63. The summed E-state index contributed by atoms with van der Waals surface area (Å²) in [5, 5.41) is 28.6. The van der Waals surface area contributed by atoms with Gasteiger partial charge in [-0.25, -0.2) is 0 Å². The van der Waals surface area contributed by atoms with Gasteiger partial charge in [-0.1, -0.05) is 6.07 Å². The summed E-state index contributed by atoms with van der Waals surface area (Å²) in [4.78, 5) is 20.5. The summed E-state index contributed by atoms with van der Waals surface area (Å²) in [5.74, 6) is -1.69. The summed E-state index contributed by atoms with van der Waals surface area (Å²) >= 11 is 0. The number of aliphatic carboxylic acids is 1. The Labute approximate surface area is 109 Å². The molecule has 0 aliphatic rings. The predicted molar refractivity (Wildman–Crippen MR) is 65.9 cm³/mol. The normalized spacial score (nSPS) is 13.2. The van der Waals surface area contributed by atoms with E-state index in [1.54, 1.807) is 0 Å². The van der Waals surface area contributed by atoms with Crippen LogP contribution in [0.3, 0.4) is 0 Å². The number of phenolic OH excluding ortho intramolecular Hbond substituents is 1. The molecule has 0 spiro atoms. The largest absolute Gasteiger partial charge is 0.502 e. The van der Waals surface area contributed by atoms with Crippen molar-refractivity contribution in [1.82, 2.24) is 0 Å². The Morgan fingerprint density at radius 1 is 1.56 bits per heavy atom. The van der Waals surface area contributed by atoms with Crippen LogP contribution in [0.5, 0.6) is 5.75 Å². The third-order valence-corrected chi connectivity index (χ3v) is 2.30. The molecule has 0 amide bonds. The van der Waals surface area contributed by atoms with Gasteiger partial charge in [0.15, 0.2) is 5.75 Å². The van der Waals surface area contributed by atoms with Crippen LogP contribution < -0.4 is 5.73 Å². The number of phenols is 1. The van der Waals surface area contributed by atoms with Crippen molar-refractivity contribution in [3.63, 3.8) is 0 Å². The van der Waals surface area contributed by atoms with Gasteiger partial charge in [-0.3, -0.25) is 14.9 Å². The Kier molecular flexibility index (Phi) is 5.07. The van der Waals surface area contributed by atoms with Crippen molar-refractivity contribution < 1.29 is 19.9 Å². The molecule has 18 heavy (non-hydrogen) atoms. The van der Waals surface area contributed by atoms with E-state index < -0.39 is 27.9 Å². The zero-order chi connectivity index (χ0) is 13.2. The lowest BCUT2D eigenvalue weighted by molar-refractivity contribution is -0.385. The molecule has 0 unspecified atom stereocenters. The molecule has 7 nitrogen and oxygen atoms in total. The van der Waals surface area contributed by atoms with Crippen molar-refractivity contribution in [3.8, 4) is 5.75 Å². The van der Waals surface area contributed by atoms with E-state index in [9.17, 15) is 20.0 Å². The SMILES string of the molecule is C[C@@](N)(Cc1ccc([N+](=O)[O-])c(O)c1)C(=O)O.Cl. The number of halogens is 1. The number of carbonyl (C=O) groups is 1. The van der Waals surface area contributed by atoms with Gasteiger partial charge in [0.2, 0.25) is 0 Å². The van der Waals surface area contributed by atoms with E-state index in [4.69, 9.17) is 10.8 Å². The third-order valence-electron chi connectivity index (χ3n) is 2.30. The molecule has 0 heterocycles. The molecule has 0 aromatic heterocycles. The van der Waals surface area contributed by atoms with Crippen LogP contribution in [-0.4, -0.2) is 26.6 Å². The average Bonchev–Trinajstić information content (AvgIpc) is 2.15. The zero-order valence-corrected chi connectivity index (χ0v) is 10.3. The van der Waals surface area contributed by atoms with Crippen molar-refractivity contribution >= 4 is 24.1 Å². The summed E-state index contributed by atoms with van der Waals surface area (Å²) in [6.45, 7) is 1.33. The van der Waals surface area contributed by atoms with Crippen molar-refractivity contribution in [2.75, 3.05) is 0 Å². The fourth-order valence-corrected chi connectivity index (χ4v) is 1.33. The molecule has 8 heteroatoms. The van der Waals surface area contributed by atoms with Crippen LogP contribution in [0.2, 0.25) is 0 Å². The van der Waals surface area contributed by atoms with Crippen LogP contribution in [0.25, 0.3) is 0 Å². The first kappa shape index (κ1) is 16.1. The molecule has 0 fully saturated rings. The second kappa shape index (κ2) is 5.65. The minimum Gasteiger partial charge on any atom is -0.502 e. The maximum absolute atomic E-state index is 10.8.